The Kier molecular flexibility index (Phi) is 6.11. The van der Waals surface area contributed by atoms with E-state index < -0.39 is 6.04 Å². The fraction of sp³-hybridized carbons (Fsp3) is 0.474. The Bertz CT molecular complexity index is 693. The molecule has 0 radical (unpaired) electrons. The third-order valence-corrected chi connectivity index (χ3v) is 5.40. The van der Waals surface area contributed by atoms with Crippen LogP contribution in [0.3, 0.4) is 0 Å². The molecule has 140 valence electrons. The summed E-state index contributed by atoms with van der Waals surface area (Å²) >= 11 is 1.54. The van der Waals surface area contributed by atoms with Gasteiger partial charge in [0.2, 0.25) is 0 Å². The zero-order chi connectivity index (χ0) is 18.5. The lowest BCUT2D eigenvalue weighted by molar-refractivity contribution is -0.139. The summed E-state index contributed by atoms with van der Waals surface area (Å²) in [7, 11) is 0. The number of hydrogen-bond donors (Lipinski definition) is 1. The van der Waals surface area contributed by atoms with Gasteiger partial charge in [0.1, 0.15) is 0 Å². The highest BCUT2D eigenvalue weighted by Crippen LogP contribution is 2.33. The second kappa shape index (κ2) is 8.51. The van der Waals surface area contributed by atoms with Crippen molar-refractivity contribution < 1.29 is 14.3 Å². The molecule has 1 fully saturated rings. The molecule has 0 spiro atoms. The van der Waals surface area contributed by atoms with Gasteiger partial charge in [0.05, 0.1) is 18.2 Å². The molecular weight excluding hydrogens is 350 g/mol. The van der Waals surface area contributed by atoms with Gasteiger partial charge in [-0.05, 0) is 55.2 Å². The minimum absolute atomic E-state index is 0.205. The van der Waals surface area contributed by atoms with Crippen molar-refractivity contribution in [3.8, 4) is 0 Å². The first-order valence-corrected chi connectivity index (χ1v) is 9.93. The molecule has 0 bridgehead atoms. The molecule has 1 atom stereocenters. The summed E-state index contributed by atoms with van der Waals surface area (Å²) in [5, 5.41) is 6.87. The van der Waals surface area contributed by atoms with Crippen LogP contribution in [0.2, 0.25) is 0 Å². The summed E-state index contributed by atoms with van der Waals surface area (Å²) in [5.41, 5.74) is 2.16. The van der Waals surface area contributed by atoms with Crippen LogP contribution in [-0.2, 0) is 9.53 Å². The molecule has 2 amide bonds. The first kappa shape index (κ1) is 18.7. The van der Waals surface area contributed by atoms with Crippen molar-refractivity contribution in [3.05, 3.63) is 46.3 Å². The molecule has 0 unspecified atom stereocenters. The Morgan fingerprint density at radius 2 is 2.23 bits per heavy atom. The second-order valence-corrected chi connectivity index (χ2v) is 7.18. The highest BCUT2D eigenvalue weighted by atomic mass is 32.1. The lowest BCUT2D eigenvalue weighted by atomic mass is 9.96. The molecule has 1 N–H and O–H groups in total. The topological polar surface area (TPSA) is 61.9 Å². The van der Waals surface area contributed by atoms with Crippen molar-refractivity contribution >= 4 is 23.3 Å². The molecule has 26 heavy (non-hydrogen) atoms. The minimum Gasteiger partial charge on any atom is -0.463 e. The molecule has 6 nitrogen and oxygen atoms in total. The number of hydrogen-bond acceptors (Lipinski definition) is 5. The average molecular weight is 375 g/mol. The fourth-order valence-electron chi connectivity index (χ4n) is 3.49. The van der Waals surface area contributed by atoms with E-state index in [1.165, 1.54) is 0 Å². The van der Waals surface area contributed by atoms with Gasteiger partial charge < -0.3 is 10.1 Å². The van der Waals surface area contributed by atoms with Crippen LogP contribution in [0.25, 0.3) is 0 Å². The van der Waals surface area contributed by atoms with Gasteiger partial charge in [-0.1, -0.05) is 6.08 Å². The van der Waals surface area contributed by atoms with E-state index in [4.69, 9.17) is 4.74 Å². The largest absolute Gasteiger partial charge is 0.463 e. The van der Waals surface area contributed by atoms with E-state index in [-0.39, 0.29) is 12.0 Å². The first-order chi connectivity index (χ1) is 12.7. The van der Waals surface area contributed by atoms with Crippen LogP contribution in [-0.4, -0.2) is 54.6 Å². The van der Waals surface area contributed by atoms with E-state index in [1.807, 2.05) is 16.8 Å². The van der Waals surface area contributed by atoms with Gasteiger partial charge in [-0.25, -0.2) is 9.59 Å². The zero-order valence-corrected chi connectivity index (χ0v) is 15.9. The van der Waals surface area contributed by atoms with Gasteiger partial charge in [0.15, 0.2) is 0 Å². The van der Waals surface area contributed by atoms with Crippen molar-refractivity contribution in [2.75, 3.05) is 32.8 Å². The number of esters is 1. The number of nitrogens with one attached hydrogen (secondary N) is 1. The number of amides is 2. The Morgan fingerprint density at radius 1 is 1.46 bits per heavy atom. The van der Waals surface area contributed by atoms with Crippen molar-refractivity contribution in [2.24, 2.45) is 0 Å². The zero-order valence-electron chi connectivity index (χ0n) is 15.1. The molecule has 7 heteroatoms. The molecular formula is C19H25N3O3S. The van der Waals surface area contributed by atoms with E-state index in [0.29, 0.717) is 25.3 Å². The Balaban J connectivity index is 2.07. The predicted octanol–water partition coefficient (Wildman–Crippen LogP) is 2.91. The normalized spacial score (nSPS) is 21.0. The number of carbonyl (C=O) groups excluding carboxylic acids is 2. The summed E-state index contributed by atoms with van der Waals surface area (Å²) in [6, 6.07) is 1.25. The van der Waals surface area contributed by atoms with Gasteiger partial charge in [-0.3, -0.25) is 9.80 Å². The van der Waals surface area contributed by atoms with Crippen LogP contribution >= 0.6 is 11.3 Å². The molecule has 1 aromatic heterocycles. The van der Waals surface area contributed by atoms with Crippen molar-refractivity contribution in [1.82, 2.24) is 15.1 Å². The van der Waals surface area contributed by atoms with E-state index in [1.54, 1.807) is 29.2 Å². The van der Waals surface area contributed by atoms with E-state index in [9.17, 15) is 9.59 Å². The molecule has 0 saturated carbocycles. The summed E-state index contributed by atoms with van der Waals surface area (Å²) < 4.78 is 5.35. The maximum atomic E-state index is 12.8. The number of rotatable bonds is 7. The van der Waals surface area contributed by atoms with Crippen LogP contribution in [0.1, 0.15) is 31.4 Å². The predicted molar refractivity (Wildman–Crippen MR) is 102 cm³/mol. The van der Waals surface area contributed by atoms with Crippen molar-refractivity contribution in [3.63, 3.8) is 0 Å². The molecule has 0 aliphatic carbocycles. The summed E-state index contributed by atoms with van der Waals surface area (Å²) in [6.07, 6.45) is 3.96. The second-order valence-electron chi connectivity index (χ2n) is 6.40. The molecule has 3 rings (SSSR count). The minimum atomic E-state index is -0.480. The van der Waals surface area contributed by atoms with Crippen LogP contribution in [0.4, 0.5) is 4.79 Å². The van der Waals surface area contributed by atoms with Crippen LogP contribution in [0.5, 0.6) is 0 Å². The summed E-state index contributed by atoms with van der Waals surface area (Å²) in [4.78, 5) is 29.5. The lowest BCUT2D eigenvalue weighted by Crippen LogP contribution is -2.50. The van der Waals surface area contributed by atoms with Crippen LogP contribution in [0.15, 0.2) is 40.8 Å². The summed E-state index contributed by atoms with van der Waals surface area (Å²) in [5.74, 6) is -0.369. The molecule has 1 aromatic rings. The van der Waals surface area contributed by atoms with Gasteiger partial charge >= 0.3 is 12.0 Å². The molecule has 0 aromatic carbocycles. The smallest absolute Gasteiger partial charge is 0.338 e. The lowest BCUT2D eigenvalue weighted by Gasteiger charge is -2.37. The van der Waals surface area contributed by atoms with E-state index in [2.05, 4.69) is 16.8 Å². The molecule has 2 aliphatic rings. The third-order valence-electron chi connectivity index (χ3n) is 4.69. The third kappa shape index (κ3) is 3.83. The number of urea groups is 1. The monoisotopic (exact) mass is 375 g/mol. The van der Waals surface area contributed by atoms with Gasteiger partial charge in [0, 0.05) is 18.8 Å². The Morgan fingerprint density at radius 3 is 2.85 bits per heavy atom. The van der Waals surface area contributed by atoms with E-state index >= 15 is 0 Å². The quantitative estimate of drug-likeness (QED) is 0.588. The number of ether oxygens (including phenoxy) is 1. The highest BCUT2D eigenvalue weighted by Gasteiger charge is 2.38. The number of thiophene rings is 1. The van der Waals surface area contributed by atoms with Crippen molar-refractivity contribution in [2.45, 2.75) is 25.8 Å². The average Bonchev–Trinajstić information content (AvgIpc) is 3.31. The maximum absolute atomic E-state index is 12.8. The molecule has 1 saturated heterocycles. The Labute approximate surface area is 158 Å². The van der Waals surface area contributed by atoms with Gasteiger partial charge in [-0.15, -0.1) is 6.58 Å². The van der Waals surface area contributed by atoms with Crippen molar-refractivity contribution in [1.29, 1.82) is 0 Å². The van der Waals surface area contributed by atoms with Crippen LogP contribution in [0, 0.1) is 0 Å². The number of nitrogens with zero attached hydrogens (tertiary/aromatic N) is 2. The highest BCUT2D eigenvalue weighted by molar-refractivity contribution is 7.08. The maximum Gasteiger partial charge on any atom is 0.338 e. The van der Waals surface area contributed by atoms with Gasteiger partial charge in [0.25, 0.3) is 0 Å². The first-order valence-electron chi connectivity index (χ1n) is 8.99. The Hall–Kier alpha value is -2.12. The SMILES string of the molecule is C=CCN1C(=O)N[C@H](c2ccsc2)C(C(=O)OCC)=C1CN1CCCC1. The van der Waals surface area contributed by atoms with Crippen LogP contribution < -0.4 is 5.32 Å². The molecule has 3 heterocycles. The standard InChI is InChI=1S/C19H25N3O3S/c1-3-8-22-15(12-21-9-5-6-10-21)16(18(23)25-4-2)17(20-19(22)24)14-7-11-26-13-14/h3,7,11,13,17H,1,4-6,8-10,12H2,2H3,(H,20,24)/t17-/m1/s1. The summed E-state index contributed by atoms with van der Waals surface area (Å²) in [6.45, 7) is 8.73. The number of likely N-dealkylation sites (tertiary alicyclic amines) is 1. The van der Waals surface area contributed by atoms with E-state index in [0.717, 1.165) is 37.2 Å². The van der Waals surface area contributed by atoms with Gasteiger partial charge in [-0.2, -0.15) is 11.3 Å². The molecule has 2 aliphatic heterocycles. The fourth-order valence-corrected chi connectivity index (χ4v) is 4.17. The number of carbonyl (C=O) groups is 2.